The summed E-state index contributed by atoms with van der Waals surface area (Å²) in [6, 6.07) is 16.0. The number of thiazole rings is 1. The maximum atomic E-state index is 12.2. The molecule has 0 fully saturated rings. The highest BCUT2D eigenvalue weighted by atomic mass is 32.1. The molecule has 2 aromatic carbocycles. The lowest BCUT2D eigenvalue weighted by atomic mass is 10.1. The van der Waals surface area contributed by atoms with Crippen molar-refractivity contribution >= 4 is 11.3 Å². The quantitative estimate of drug-likeness (QED) is 0.430. The predicted octanol–water partition coefficient (Wildman–Crippen LogP) is 4.01. The van der Waals surface area contributed by atoms with Gasteiger partial charge in [-0.2, -0.15) is 9.36 Å². The average Bonchev–Trinajstić information content (AvgIpc) is 3.38. The summed E-state index contributed by atoms with van der Waals surface area (Å²) in [6.45, 7) is 2.48. The van der Waals surface area contributed by atoms with E-state index in [1.54, 1.807) is 7.05 Å². The van der Waals surface area contributed by atoms with Crippen LogP contribution in [0.3, 0.4) is 0 Å². The number of aromatic nitrogens is 5. The SMILES string of the molecule is CCCCc1ccc(-c2csc(OCc3ccccc3-n3nnn(C)c3=O)n2)cc1. The number of benzene rings is 2. The van der Waals surface area contributed by atoms with Crippen LogP contribution in [0, 0.1) is 0 Å². The minimum Gasteiger partial charge on any atom is -0.465 e. The first-order valence-corrected chi connectivity index (χ1v) is 10.8. The molecule has 0 saturated heterocycles. The maximum absolute atomic E-state index is 12.2. The van der Waals surface area contributed by atoms with E-state index in [4.69, 9.17) is 4.74 Å². The summed E-state index contributed by atoms with van der Waals surface area (Å²) in [6.07, 6.45) is 3.51. The van der Waals surface area contributed by atoms with Crippen molar-refractivity contribution < 1.29 is 4.74 Å². The number of ether oxygens (including phenoxy) is 1. The van der Waals surface area contributed by atoms with Crippen LogP contribution < -0.4 is 10.4 Å². The number of hydrogen-bond donors (Lipinski definition) is 0. The molecule has 30 heavy (non-hydrogen) atoms. The van der Waals surface area contributed by atoms with Crippen molar-refractivity contribution in [2.45, 2.75) is 32.8 Å². The van der Waals surface area contributed by atoms with Crippen molar-refractivity contribution in [1.29, 1.82) is 0 Å². The fraction of sp³-hybridized carbons (Fsp3) is 0.273. The minimum absolute atomic E-state index is 0.280. The summed E-state index contributed by atoms with van der Waals surface area (Å²) in [5.41, 5.74) is 4.50. The Bertz CT molecular complexity index is 1180. The van der Waals surface area contributed by atoms with Gasteiger partial charge in [0, 0.05) is 23.6 Å². The van der Waals surface area contributed by atoms with Crippen molar-refractivity contribution in [3.8, 4) is 22.1 Å². The number of hydrogen-bond acceptors (Lipinski definition) is 6. The Balaban J connectivity index is 1.47. The molecule has 0 amide bonds. The number of tetrazole rings is 1. The Kier molecular flexibility index (Phi) is 6.04. The van der Waals surface area contributed by atoms with Gasteiger partial charge in [0.1, 0.15) is 6.61 Å². The lowest BCUT2D eigenvalue weighted by Crippen LogP contribution is -2.23. The molecule has 4 rings (SSSR count). The molecular weight excluding hydrogens is 398 g/mol. The second-order valence-electron chi connectivity index (χ2n) is 7.01. The van der Waals surface area contributed by atoms with Crippen LogP contribution in [0.2, 0.25) is 0 Å². The topological polar surface area (TPSA) is 74.8 Å². The summed E-state index contributed by atoms with van der Waals surface area (Å²) in [7, 11) is 1.57. The summed E-state index contributed by atoms with van der Waals surface area (Å²) in [5, 5.41) is 10.3. The number of unbranched alkanes of at least 4 members (excludes halogenated alkanes) is 1. The highest BCUT2D eigenvalue weighted by molar-refractivity contribution is 7.11. The van der Waals surface area contributed by atoms with Crippen LogP contribution >= 0.6 is 11.3 Å². The van der Waals surface area contributed by atoms with Gasteiger partial charge in [-0.25, -0.2) is 9.78 Å². The molecule has 2 heterocycles. The van der Waals surface area contributed by atoms with Crippen LogP contribution in [0.25, 0.3) is 16.9 Å². The number of aryl methyl sites for hydroxylation is 2. The van der Waals surface area contributed by atoms with Crippen molar-refractivity contribution in [3.63, 3.8) is 0 Å². The highest BCUT2D eigenvalue weighted by Crippen LogP contribution is 2.28. The lowest BCUT2D eigenvalue weighted by Gasteiger charge is -2.08. The zero-order valence-electron chi connectivity index (χ0n) is 17.0. The molecule has 0 atom stereocenters. The van der Waals surface area contributed by atoms with E-state index in [1.165, 1.54) is 39.1 Å². The van der Waals surface area contributed by atoms with Crippen LogP contribution in [0.4, 0.5) is 0 Å². The van der Waals surface area contributed by atoms with E-state index in [9.17, 15) is 4.79 Å². The van der Waals surface area contributed by atoms with Crippen LogP contribution in [0.15, 0.2) is 58.7 Å². The number of para-hydroxylation sites is 1. The van der Waals surface area contributed by atoms with Gasteiger partial charge in [0.25, 0.3) is 5.19 Å². The Hall–Kier alpha value is -3.26. The predicted molar refractivity (Wildman–Crippen MR) is 117 cm³/mol. The smallest absolute Gasteiger partial charge is 0.368 e. The molecule has 0 unspecified atom stereocenters. The van der Waals surface area contributed by atoms with Crippen LogP contribution in [0.5, 0.6) is 5.19 Å². The van der Waals surface area contributed by atoms with Gasteiger partial charge in [-0.3, -0.25) is 0 Å². The summed E-state index contributed by atoms with van der Waals surface area (Å²) < 4.78 is 8.38. The first-order chi connectivity index (χ1) is 14.7. The fourth-order valence-corrected chi connectivity index (χ4v) is 3.80. The van der Waals surface area contributed by atoms with Crippen LogP contribution in [-0.2, 0) is 20.1 Å². The first-order valence-electron chi connectivity index (χ1n) is 9.90. The van der Waals surface area contributed by atoms with E-state index in [2.05, 4.69) is 46.6 Å². The van der Waals surface area contributed by atoms with Gasteiger partial charge in [-0.15, -0.1) is 0 Å². The largest absolute Gasteiger partial charge is 0.465 e. The second-order valence-corrected chi connectivity index (χ2v) is 7.83. The van der Waals surface area contributed by atoms with Gasteiger partial charge in [0.05, 0.1) is 11.4 Å². The average molecular weight is 422 g/mol. The summed E-state index contributed by atoms with van der Waals surface area (Å²) in [4.78, 5) is 16.8. The van der Waals surface area contributed by atoms with Crippen molar-refractivity contribution in [2.75, 3.05) is 0 Å². The summed E-state index contributed by atoms with van der Waals surface area (Å²) in [5.74, 6) is 0. The molecule has 2 aromatic heterocycles. The molecule has 4 aromatic rings. The zero-order valence-corrected chi connectivity index (χ0v) is 17.8. The van der Waals surface area contributed by atoms with E-state index in [0.717, 1.165) is 23.2 Å². The second kappa shape index (κ2) is 9.04. The van der Waals surface area contributed by atoms with Gasteiger partial charge in [-0.1, -0.05) is 67.1 Å². The minimum atomic E-state index is -0.304. The third-order valence-corrected chi connectivity index (χ3v) is 5.60. The molecule has 0 N–H and O–H groups in total. The lowest BCUT2D eigenvalue weighted by molar-refractivity contribution is 0.304. The molecule has 8 heteroatoms. The van der Waals surface area contributed by atoms with E-state index in [1.807, 2.05) is 29.6 Å². The van der Waals surface area contributed by atoms with Crippen LogP contribution in [-0.4, -0.2) is 24.8 Å². The molecule has 0 aliphatic heterocycles. The maximum Gasteiger partial charge on any atom is 0.368 e. The Morgan fingerprint density at radius 1 is 1.07 bits per heavy atom. The standard InChI is InChI=1S/C22H23N5O2S/c1-3-4-7-16-10-12-17(13-11-16)19-15-30-21(23-19)29-14-18-8-5-6-9-20(18)27-22(28)26(2)24-25-27/h5-6,8-13,15H,3-4,7,14H2,1-2H3. The van der Waals surface area contributed by atoms with E-state index in [0.29, 0.717) is 10.9 Å². The van der Waals surface area contributed by atoms with Gasteiger partial charge in [-0.05, 0) is 34.9 Å². The normalized spacial score (nSPS) is 11.0. The monoisotopic (exact) mass is 421 g/mol. The number of nitrogens with zero attached hydrogens (tertiary/aromatic N) is 5. The molecule has 0 spiro atoms. The van der Waals surface area contributed by atoms with Crippen molar-refractivity contribution in [3.05, 3.63) is 75.5 Å². The molecule has 154 valence electrons. The van der Waals surface area contributed by atoms with Gasteiger partial charge < -0.3 is 4.74 Å². The highest BCUT2D eigenvalue weighted by Gasteiger charge is 2.12. The fourth-order valence-electron chi connectivity index (χ4n) is 3.12. The van der Waals surface area contributed by atoms with Gasteiger partial charge in [0.2, 0.25) is 0 Å². The van der Waals surface area contributed by atoms with E-state index < -0.39 is 0 Å². The van der Waals surface area contributed by atoms with Crippen molar-refractivity contribution in [1.82, 2.24) is 24.8 Å². The Morgan fingerprint density at radius 3 is 2.60 bits per heavy atom. The molecule has 0 radical (unpaired) electrons. The van der Waals surface area contributed by atoms with E-state index in [-0.39, 0.29) is 12.3 Å². The van der Waals surface area contributed by atoms with Gasteiger partial charge >= 0.3 is 5.69 Å². The van der Waals surface area contributed by atoms with Crippen LogP contribution in [0.1, 0.15) is 30.9 Å². The molecule has 0 bridgehead atoms. The third kappa shape index (κ3) is 4.33. The molecule has 0 saturated carbocycles. The Labute approximate surface area is 178 Å². The molecule has 7 nitrogen and oxygen atoms in total. The molecule has 0 aliphatic carbocycles. The van der Waals surface area contributed by atoms with E-state index >= 15 is 0 Å². The van der Waals surface area contributed by atoms with Gasteiger partial charge in [0.15, 0.2) is 0 Å². The first kappa shape index (κ1) is 20.0. The molecule has 0 aliphatic rings. The summed E-state index contributed by atoms with van der Waals surface area (Å²) >= 11 is 1.46. The van der Waals surface area contributed by atoms with Crippen molar-refractivity contribution in [2.24, 2.45) is 7.05 Å². The zero-order chi connectivity index (χ0) is 20.9. The number of rotatable bonds is 8. The Morgan fingerprint density at radius 2 is 1.87 bits per heavy atom. The molecular formula is C22H23N5O2S. The third-order valence-electron chi connectivity index (χ3n) is 4.84.